The van der Waals surface area contributed by atoms with E-state index in [2.05, 4.69) is 15.0 Å². The molecular weight excluding hydrogens is 256 g/mol. The van der Waals surface area contributed by atoms with E-state index < -0.39 is 12.0 Å². The quantitative estimate of drug-likeness (QED) is 0.866. The second kappa shape index (κ2) is 5.69. The number of benzene rings is 1. The first kappa shape index (κ1) is 14.0. The number of carbonyl (C=O) groups is 2. The third-order valence-electron chi connectivity index (χ3n) is 2.99. The Kier molecular flexibility index (Phi) is 3.98. The fourth-order valence-corrected chi connectivity index (χ4v) is 2.01. The van der Waals surface area contributed by atoms with Crippen molar-refractivity contribution >= 4 is 22.8 Å². The molecule has 1 aromatic carbocycles. The van der Waals surface area contributed by atoms with Crippen LogP contribution >= 0.6 is 0 Å². The number of fused-ring (bicyclic) bond motifs is 1. The zero-order valence-electron chi connectivity index (χ0n) is 11.6. The van der Waals surface area contributed by atoms with Crippen LogP contribution in [0, 0.1) is 6.92 Å². The standard InChI is InChI=1S/C15H16N2O3/c1-9-8-12(11-6-4-5-7-13(11)16-9)14(18)17-10(2)15(19)20-3/h4-8,10H,1-3H3,(H,17,18). The molecule has 1 aromatic heterocycles. The van der Waals surface area contributed by atoms with Gasteiger partial charge in [-0.15, -0.1) is 0 Å². The third kappa shape index (κ3) is 2.77. The maximum Gasteiger partial charge on any atom is 0.328 e. The molecule has 0 aliphatic carbocycles. The highest BCUT2D eigenvalue weighted by atomic mass is 16.5. The number of aryl methyl sites for hydroxylation is 1. The molecule has 5 nitrogen and oxygen atoms in total. The number of methoxy groups -OCH3 is 1. The number of esters is 1. The average molecular weight is 272 g/mol. The van der Waals surface area contributed by atoms with Crippen molar-refractivity contribution in [3.8, 4) is 0 Å². The van der Waals surface area contributed by atoms with Gasteiger partial charge in [-0.3, -0.25) is 9.78 Å². The number of amides is 1. The van der Waals surface area contributed by atoms with Crippen molar-refractivity contribution < 1.29 is 14.3 Å². The van der Waals surface area contributed by atoms with Crippen LogP contribution in [0.4, 0.5) is 0 Å². The van der Waals surface area contributed by atoms with Crippen molar-refractivity contribution in [3.05, 3.63) is 41.6 Å². The predicted octanol–water partition coefficient (Wildman–Crippen LogP) is 1.83. The minimum Gasteiger partial charge on any atom is -0.467 e. The molecule has 0 fully saturated rings. The van der Waals surface area contributed by atoms with Crippen molar-refractivity contribution in [2.45, 2.75) is 19.9 Å². The molecule has 0 aliphatic heterocycles. The lowest BCUT2D eigenvalue weighted by Crippen LogP contribution is -2.39. The van der Waals surface area contributed by atoms with E-state index in [-0.39, 0.29) is 5.91 Å². The van der Waals surface area contributed by atoms with E-state index in [4.69, 9.17) is 0 Å². The van der Waals surface area contributed by atoms with Gasteiger partial charge in [0, 0.05) is 11.1 Å². The maximum atomic E-state index is 12.3. The van der Waals surface area contributed by atoms with Gasteiger partial charge < -0.3 is 10.1 Å². The van der Waals surface area contributed by atoms with Crippen molar-refractivity contribution in [3.63, 3.8) is 0 Å². The van der Waals surface area contributed by atoms with Crippen LogP contribution < -0.4 is 5.32 Å². The molecule has 1 heterocycles. The van der Waals surface area contributed by atoms with Gasteiger partial charge in [-0.2, -0.15) is 0 Å². The molecule has 2 aromatic rings. The summed E-state index contributed by atoms with van der Waals surface area (Å²) in [5.41, 5.74) is 2.01. The zero-order valence-corrected chi connectivity index (χ0v) is 11.6. The predicted molar refractivity (Wildman–Crippen MR) is 75.4 cm³/mol. The van der Waals surface area contributed by atoms with E-state index in [1.807, 2.05) is 31.2 Å². The molecule has 0 saturated heterocycles. The molecule has 0 saturated carbocycles. The minimum atomic E-state index is -0.695. The van der Waals surface area contributed by atoms with Crippen molar-refractivity contribution in [2.75, 3.05) is 7.11 Å². The van der Waals surface area contributed by atoms with Crippen LogP contribution in [0.25, 0.3) is 10.9 Å². The summed E-state index contributed by atoms with van der Waals surface area (Å²) < 4.78 is 4.59. The highest BCUT2D eigenvalue weighted by Crippen LogP contribution is 2.18. The number of aromatic nitrogens is 1. The number of nitrogens with one attached hydrogen (secondary N) is 1. The Morgan fingerprint density at radius 3 is 2.70 bits per heavy atom. The fourth-order valence-electron chi connectivity index (χ4n) is 2.01. The van der Waals surface area contributed by atoms with Crippen LogP contribution in [0.5, 0.6) is 0 Å². The molecule has 2 rings (SSSR count). The Morgan fingerprint density at radius 2 is 2.00 bits per heavy atom. The fraction of sp³-hybridized carbons (Fsp3) is 0.267. The van der Waals surface area contributed by atoms with Gasteiger partial charge in [-0.05, 0) is 26.0 Å². The first-order valence-electron chi connectivity index (χ1n) is 6.28. The average Bonchev–Trinajstić information content (AvgIpc) is 2.45. The van der Waals surface area contributed by atoms with Crippen molar-refractivity contribution in [1.29, 1.82) is 0 Å². The van der Waals surface area contributed by atoms with Crippen LogP contribution in [0.3, 0.4) is 0 Å². The number of carbonyl (C=O) groups excluding carboxylic acids is 2. The summed E-state index contributed by atoms with van der Waals surface area (Å²) in [4.78, 5) is 28.0. The maximum absolute atomic E-state index is 12.3. The lowest BCUT2D eigenvalue weighted by atomic mass is 10.1. The highest BCUT2D eigenvalue weighted by molar-refractivity contribution is 6.07. The SMILES string of the molecule is COC(=O)C(C)NC(=O)c1cc(C)nc2ccccc12. The minimum absolute atomic E-state index is 0.315. The zero-order chi connectivity index (χ0) is 14.7. The lowest BCUT2D eigenvalue weighted by molar-refractivity contribution is -0.142. The number of hydrogen-bond acceptors (Lipinski definition) is 4. The van der Waals surface area contributed by atoms with Gasteiger partial charge in [0.05, 0.1) is 18.2 Å². The number of para-hydroxylation sites is 1. The van der Waals surface area contributed by atoms with E-state index in [0.29, 0.717) is 5.56 Å². The number of ether oxygens (including phenoxy) is 1. The van der Waals surface area contributed by atoms with Gasteiger partial charge in [0.15, 0.2) is 0 Å². The topological polar surface area (TPSA) is 68.3 Å². The van der Waals surface area contributed by atoms with Crippen LogP contribution in [0.2, 0.25) is 0 Å². The summed E-state index contributed by atoms with van der Waals surface area (Å²) in [6, 6.07) is 8.41. The molecule has 104 valence electrons. The van der Waals surface area contributed by atoms with E-state index in [1.54, 1.807) is 13.0 Å². The van der Waals surface area contributed by atoms with Crippen LogP contribution in [0.15, 0.2) is 30.3 Å². The summed E-state index contributed by atoms with van der Waals surface area (Å²) in [7, 11) is 1.29. The Morgan fingerprint density at radius 1 is 1.30 bits per heavy atom. The summed E-state index contributed by atoms with van der Waals surface area (Å²) in [6.07, 6.45) is 0. The second-order valence-corrected chi connectivity index (χ2v) is 4.55. The summed E-state index contributed by atoms with van der Waals surface area (Å²) in [5, 5.41) is 3.38. The molecule has 1 unspecified atom stereocenters. The Balaban J connectivity index is 2.37. The first-order chi connectivity index (χ1) is 9.52. The summed E-state index contributed by atoms with van der Waals surface area (Å²) >= 11 is 0. The Bertz CT molecular complexity index is 667. The molecule has 5 heteroatoms. The normalized spacial score (nSPS) is 11.9. The van der Waals surface area contributed by atoms with Crippen LogP contribution in [-0.4, -0.2) is 30.0 Å². The summed E-state index contributed by atoms with van der Waals surface area (Å²) in [5.74, 6) is -0.793. The second-order valence-electron chi connectivity index (χ2n) is 4.55. The summed E-state index contributed by atoms with van der Waals surface area (Å²) in [6.45, 7) is 3.41. The number of pyridine rings is 1. The van der Waals surface area contributed by atoms with E-state index >= 15 is 0 Å². The molecule has 1 N–H and O–H groups in total. The van der Waals surface area contributed by atoms with Gasteiger partial charge in [0.1, 0.15) is 6.04 Å². The number of hydrogen-bond donors (Lipinski definition) is 1. The molecule has 0 bridgehead atoms. The van der Waals surface area contributed by atoms with Gasteiger partial charge >= 0.3 is 5.97 Å². The Hall–Kier alpha value is -2.43. The largest absolute Gasteiger partial charge is 0.467 e. The monoisotopic (exact) mass is 272 g/mol. The van der Waals surface area contributed by atoms with E-state index in [9.17, 15) is 9.59 Å². The van der Waals surface area contributed by atoms with Gasteiger partial charge in [0.25, 0.3) is 5.91 Å². The van der Waals surface area contributed by atoms with Gasteiger partial charge in [-0.1, -0.05) is 18.2 Å². The Labute approximate surface area is 117 Å². The van der Waals surface area contributed by atoms with Crippen molar-refractivity contribution in [1.82, 2.24) is 10.3 Å². The lowest BCUT2D eigenvalue weighted by Gasteiger charge is -2.13. The highest BCUT2D eigenvalue weighted by Gasteiger charge is 2.18. The van der Waals surface area contributed by atoms with Crippen molar-refractivity contribution in [2.24, 2.45) is 0 Å². The number of nitrogens with zero attached hydrogens (tertiary/aromatic N) is 1. The van der Waals surface area contributed by atoms with Gasteiger partial charge in [-0.25, -0.2) is 4.79 Å². The molecule has 1 atom stereocenters. The van der Waals surface area contributed by atoms with Gasteiger partial charge in [0.2, 0.25) is 0 Å². The molecular formula is C15H16N2O3. The first-order valence-corrected chi connectivity index (χ1v) is 6.28. The van der Waals surface area contributed by atoms with E-state index in [1.165, 1.54) is 7.11 Å². The third-order valence-corrected chi connectivity index (χ3v) is 2.99. The number of rotatable bonds is 3. The smallest absolute Gasteiger partial charge is 0.328 e. The molecule has 0 spiro atoms. The molecule has 0 aliphatic rings. The molecule has 0 radical (unpaired) electrons. The van der Waals surface area contributed by atoms with E-state index in [0.717, 1.165) is 16.6 Å². The molecule has 20 heavy (non-hydrogen) atoms. The molecule has 1 amide bonds. The van der Waals surface area contributed by atoms with Crippen LogP contribution in [-0.2, 0) is 9.53 Å². The van der Waals surface area contributed by atoms with Crippen LogP contribution in [0.1, 0.15) is 23.0 Å².